The summed E-state index contributed by atoms with van der Waals surface area (Å²) in [5, 5.41) is 0. The summed E-state index contributed by atoms with van der Waals surface area (Å²) in [4.78, 5) is 26.3. The molecule has 0 rings (SSSR count). The van der Waals surface area contributed by atoms with Gasteiger partial charge >= 0.3 is 0 Å². The molecule has 60 valence electrons. The second-order valence-corrected chi connectivity index (χ2v) is 2.98. The topological polar surface area (TPSA) is 58.9 Å². The van der Waals surface area contributed by atoms with Crippen molar-refractivity contribution in [2.75, 3.05) is 13.1 Å². The van der Waals surface area contributed by atoms with Crippen LogP contribution in [0.2, 0.25) is 0 Å². The third kappa shape index (κ3) is 5.22. The molecule has 0 aliphatic rings. The van der Waals surface area contributed by atoms with E-state index in [1.807, 2.05) is 13.8 Å². The SMILES string of the molecule is CC(C)(CN=C=O)CN=C=O. The third-order valence-electron chi connectivity index (χ3n) is 1.14. The summed E-state index contributed by atoms with van der Waals surface area (Å²) in [5.41, 5.74) is -0.255. The van der Waals surface area contributed by atoms with Crippen molar-refractivity contribution >= 4 is 12.2 Å². The molecule has 0 aromatic rings. The Hall–Kier alpha value is -1.24. The highest BCUT2D eigenvalue weighted by Gasteiger charge is 2.16. The van der Waals surface area contributed by atoms with Crippen LogP contribution in [-0.2, 0) is 9.59 Å². The lowest BCUT2D eigenvalue weighted by molar-refractivity contribution is 0.392. The Balaban J connectivity index is 3.98. The Bertz CT molecular complexity index is 188. The molecule has 4 nitrogen and oxygen atoms in total. The average molecular weight is 154 g/mol. The van der Waals surface area contributed by atoms with Gasteiger partial charge in [0, 0.05) is 5.41 Å². The van der Waals surface area contributed by atoms with Gasteiger partial charge in [0.25, 0.3) is 0 Å². The molecular weight excluding hydrogens is 144 g/mol. The predicted molar refractivity (Wildman–Crippen MR) is 39.8 cm³/mol. The molecule has 0 N–H and O–H groups in total. The van der Waals surface area contributed by atoms with Gasteiger partial charge in [-0.1, -0.05) is 13.8 Å². The number of nitrogens with zero attached hydrogens (tertiary/aromatic N) is 2. The Morgan fingerprint density at radius 1 is 1.09 bits per heavy atom. The van der Waals surface area contributed by atoms with Crippen molar-refractivity contribution in [1.82, 2.24) is 0 Å². The molecular formula is C7H10N2O2. The van der Waals surface area contributed by atoms with Gasteiger partial charge in [0.15, 0.2) is 0 Å². The van der Waals surface area contributed by atoms with Crippen LogP contribution in [0.1, 0.15) is 13.8 Å². The molecule has 0 saturated carbocycles. The van der Waals surface area contributed by atoms with Crippen LogP contribution in [0.25, 0.3) is 0 Å². The van der Waals surface area contributed by atoms with Crippen LogP contribution in [0.4, 0.5) is 0 Å². The van der Waals surface area contributed by atoms with Crippen molar-refractivity contribution in [3.63, 3.8) is 0 Å². The number of hydrogen-bond donors (Lipinski definition) is 0. The van der Waals surface area contributed by atoms with E-state index in [-0.39, 0.29) is 5.41 Å². The Labute approximate surface area is 65.0 Å². The van der Waals surface area contributed by atoms with E-state index in [0.717, 1.165) is 0 Å². The largest absolute Gasteiger partial charge is 0.234 e. The number of rotatable bonds is 4. The van der Waals surface area contributed by atoms with E-state index in [4.69, 9.17) is 0 Å². The molecule has 0 amide bonds. The van der Waals surface area contributed by atoms with Crippen molar-refractivity contribution < 1.29 is 9.59 Å². The predicted octanol–water partition coefficient (Wildman–Crippen LogP) is 0.684. The molecule has 0 aliphatic carbocycles. The summed E-state index contributed by atoms with van der Waals surface area (Å²) in [7, 11) is 0. The van der Waals surface area contributed by atoms with Crippen molar-refractivity contribution in [1.29, 1.82) is 0 Å². The second-order valence-electron chi connectivity index (χ2n) is 2.98. The van der Waals surface area contributed by atoms with Crippen LogP contribution < -0.4 is 0 Å². The van der Waals surface area contributed by atoms with E-state index in [1.54, 1.807) is 0 Å². The van der Waals surface area contributed by atoms with E-state index < -0.39 is 0 Å². The summed E-state index contributed by atoms with van der Waals surface area (Å²) >= 11 is 0. The van der Waals surface area contributed by atoms with Crippen LogP contribution in [-0.4, -0.2) is 25.2 Å². The summed E-state index contributed by atoms with van der Waals surface area (Å²) in [5.74, 6) is 0. The Morgan fingerprint density at radius 2 is 1.45 bits per heavy atom. The fourth-order valence-electron chi connectivity index (χ4n) is 0.543. The molecule has 0 aliphatic heterocycles. The minimum absolute atomic E-state index is 0.255. The van der Waals surface area contributed by atoms with Gasteiger partial charge in [-0.05, 0) is 0 Å². The lowest BCUT2D eigenvalue weighted by Crippen LogP contribution is -2.19. The highest BCUT2D eigenvalue weighted by Crippen LogP contribution is 2.14. The zero-order chi connectivity index (χ0) is 8.74. The maximum absolute atomic E-state index is 9.73. The zero-order valence-corrected chi connectivity index (χ0v) is 6.63. The summed E-state index contributed by atoms with van der Waals surface area (Å²) < 4.78 is 0. The van der Waals surface area contributed by atoms with Crippen LogP contribution in [0.15, 0.2) is 9.98 Å². The van der Waals surface area contributed by atoms with Crippen LogP contribution in [0.3, 0.4) is 0 Å². The number of carbonyl (C=O) groups excluding carboxylic acids is 2. The molecule has 0 saturated heterocycles. The highest BCUT2D eigenvalue weighted by atomic mass is 16.1. The number of hydrogen-bond acceptors (Lipinski definition) is 4. The average Bonchev–Trinajstić information content (AvgIpc) is 1.97. The molecule has 0 spiro atoms. The fourth-order valence-corrected chi connectivity index (χ4v) is 0.543. The summed E-state index contributed by atoms with van der Waals surface area (Å²) in [6.07, 6.45) is 2.87. The number of aliphatic imine (C=N–C) groups is 2. The zero-order valence-electron chi connectivity index (χ0n) is 6.63. The van der Waals surface area contributed by atoms with Crippen molar-refractivity contribution in [3.8, 4) is 0 Å². The molecule has 0 fully saturated rings. The highest BCUT2D eigenvalue weighted by molar-refractivity contribution is 5.34. The maximum atomic E-state index is 9.73. The van der Waals surface area contributed by atoms with Gasteiger partial charge in [0.05, 0.1) is 13.1 Å². The minimum Gasteiger partial charge on any atom is -0.211 e. The normalized spacial score (nSPS) is 9.64. The van der Waals surface area contributed by atoms with Gasteiger partial charge in [0.1, 0.15) is 0 Å². The second kappa shape index (κ2) is 4.56. The van der Waals surface area contributed by atoms with Gasteiger partial charge in [-0.15, -0.1) is 0 Å². The minimum atomic E-state index is -0.255. The molecule has 4 heteroatoms. The number of isocyanates is 2. The van der Waals surface area contributed by atoms with E-state index in [9.17, 15) is 9.59 Å². The first-order valence-electron chi connectivity index (χ1n) is 3.20. The van der Waals surface area contributed by atoms with Gasteiger partial charge in [-0.3, -0.25) is 0 Å². The molecule has 0 bridgehead atoms. The van der Waals surface area contributed by atoms with E-state index in [0.29, 0.717) is 13.1 Å². The first kappa shape index (κ1) is 9.76. The molecule has 0 atom stereocenters. The van der Waals surface area contributed by atoms with Crippen molar-refractivity contribution in [3.05, 3.63) is 0 Å². The van der Waals surface area contributed by atoms with Gasteiger partial charge in [-0.2, -0.15) is 0 Å². The molecule has 0 radical (unpaired) electrons. The smallest absolute Gasteiger partial charge is 0.211 e. The van der Waals surface area contributed by atoms with Crippen molar-refractivity contribution in [2.24, 2.45) is 15.4 Å². The Kier molecular flexibility index (Phi) is 4.04. The van der Waals surface area contributed by atoms with Crippen LogP contribution in [0, 0.1) is 5.41 Å². The van der Waals surface area contributed by atoms with Crippen molar-refractivity contribution in [2.45, 2.75) is 13.8 Å². The first-order chi connectivity index (χ1) is 5.12. The van der Waals surface area contributed by atoms with E-state index in [2.05, 4.69) is 9.98 Å². The third-order valence-corrected chi connectivity index (χ3v) is 1.14. The standard InChI is InChI=1S/C7H10N2O2/c1-7(2,3-8-5-10)4-9-6-11/h3-4H2,1-2H3. The first-order valence-corrected chi connectivity index (χ1v) is 3.20. The lowest BCUT2D eigenvalue weighted by Gasteiger charge is -2.16. The molecule has 0 aromatic heterocycles. The van der Waals surface area contributed by atoms with E-state index in [1.165, 1.54) is 12.2 Å². The van der Waals surface area contributed by atoms with Gasteiger partial charge < -0.3 is 0 Å². The van der Waals surface area contributed by atoms with Crippen LogP contribution >= 0.6 is 0 Å². The molecule has 0 heterocycles. The quantitative estimate of drug-likeness (QED) is 0.441. The van der Waals surface area contributed by atoms with Gasteiger partial charge in [-0.25, -0.2) is 19.6 Å². The molecule has 11 heavy (non-hydrogen) atoms. The summed E-state index contributed by atoms with van der Waals surface area (Å²) in [6.45, 7) is 4.38. The Morgan fingerprint density at radius 3 is 1.73 bits per heavy atom. The lowest BCUT2D eigenvalue weighted by atomic mass is 9.94. The fraction of sp³-hybridized carbons (Fsp3) is 0.714. The molecule has 0 unspecified atom stereocenters. The van der Waals surface area contributed by atoms with Crippen LogP contribution in [0.5, 0.6) is 0 Å². The molecule has 0 aromatic carbocycles. The van der Waals surface area contributed by atoms with E-state index >= 15 is 0 Å². The van der Waals surface area contributed by atoms with Gasteiger partial charge in [0.2, 0.25) is 12.2 Å². The maximum Gasteiger partial charge on any atom is 0.234 e. The monoisotopic (exact) mass is 154 g/mol. The summed E-state index contributed by atoms with van der Waals surface area (Å²) in [6, 6.07) is 0.